The van der Waals surface area contributed by atoms with E-state index in [9.17, 15) is 0 Å². The lowest BCUT2D eigenvalue weighted by molar-refractivity contribution is 0.896. The van der Waals surface area contributed by atoms with E-state index in [4.69, 9.17) is 19.9 Å². The topological polar surface area (TPSA) is 77.3 Å². The molecule has 6 aromatic heterocycles. The lowest BCUT2D eigenvalue weighted by Crippen LogP contribution is -1.97. The van der Waals surface area contributed by atoms with Crippen LogP contribution in [0.15, 0.2) is 139 Å². The number of hydrogen-bond donors (Lipinski definition) is 0. The summed E-state index contributed by atoms with van der Waals surface area (Å²) in [4.78, 5) is 28.8. The van der Waals surface area contributed by atoms with Crippen molar-refractivity contribution >= 4 is 5.57 Å². The van der Waals surface area contributed by atoms with Gasteiger partial charge >= 0.3 is 0 Å². The number of pyridine rings is 6. The van der Waals surface area contributed by atoms with Crippen molar-refractivity contribution in [1.29, 1.82) is 0 Å². The van der Waals surface area contributed by atoms with Gasteiger partial charge in [0.25, 0.3) is 0 Å². The second-order valence-corrected chi connectivity index (χ2v) is 11.2. The summed E-state index contributed by atoms with van der Waals surface area (Å²) in [5.41, 5.74) is 11.3. The molecule has 0 spiro atoms. The van der Waals surface area contributed by atoms with Gasteiger partial charge in [-0.2, -0.15) is 0 Å². The normalized spacial score (nSPS) is 18.6. The number of fused-ring (bicyclic) bond motifs is 1. The van der Waals surface area contributed by atoms with Gasteiger partial charge in [0.05, 0.1) is 51.2 Å². The highest BCUT2D eigenvalue weighted by molar-refractivity contribution is 5.77. The average molecular weight is 569 g/mol. The van der Waals surface area contributed by atoms with E-state index in [1.54, 1.807) is 12.4 Å². The largest absolute Gasteiger partial charge is 0.255 e. The fraction of sp³-hybridized carbons (Fsp3) is 0.105. The van der Waals surface area contributed by atoms with Gasteiger partial charge in [-0.1, -0.05) is 54.1 Å². The maximum atomic E-state index is 5.11. The smallest absolute Gasteiger partial charge is 0.0894 e. The monoisotopic (exact) mass is 568 g/mol. The molecule has 6 nitrogen and oxygen atoms in total. The van der Waals surface area contributed by atoms with Crippen LogP contribution in [-0.4, -0.2) is 29.9 Å². The Morgan fingerprint density at radius 3 is 1.43 bits per heavy atom. The summed E-state index contributed by atoms with van der Waals surface area (Å²) in [6.07, 6.45) is 8.24. The molecule has 0 saturated heterocycles. The van der Waals surface area contributed by atoms with Crippen molar-refractivity contribution in [2.45, 2.75) is 12.8 Å². The number of hydrogen-bond acceptors (Lipinski definition) is 6. The molecule has 1 saturated carbocycles. The van der Waals surface area contributed by atoms with E-state index in [1.807, 2.05) is 84.9 Å². The maximum absolute atomic E-state index is 5.11. The van der Waals surface area contributed by atoms with Crippen molar-refractivity contribution in [3.05, 3.63) is 151 Å². The van der Waals surface area contributed by atoms with Crippen molar-refractivity contribution in [3.63, 3.8) is 0 Å². The molecule has 0 aromatic carbocycles. The molecular formula is C38H28N6. The van der Waals surface area contributed by atoms with Crippen LogP contribution in [0.5, 0.6) is 0 Å². The van der Waals surface area contributed by atoms with E-state index in [0.29, 0.717) is 17.8 Å². The highest BCUT2D eigenvalue weighted by Crippen LogP contribution is 2.61. The van der Waals surface area contributed by atoms with Crippen LogP contribution in [0.1, 0.15) is 24.2 Å². The Morgan fingerprint density at radius 2 is 0.886 bits per heavy atom. The van der Waals surface area contributed by atoms with E-state index in [2.05, 4.69) is 53.3 Å². The van der Waals surface area contributed by atoms with Crippen LogP contribution in [0.25, 0.3) is 51.1 Å². The first-order valence-electron chi connectivity index (χ1n) is 14.8. The van der Waals surface area contributed by atoms with E-state index < -0.39 is 0 Å². The first-order valence-corrected chi connectivity index (χ1v) is 14.8. The molecule has 3 unspecified atom stereocenters. The summed E-state index contributed by atoms with van der Waals surface area (Å²) in [7, 11) is 0. The molecule has 1 fully saturated rings. The second-order valence-electron chi connectivity index (χ2n) is 11.2. The molecule has 3 atom stereocenters. The van der Waals surface area contributed by atoms with Gasteiger partial charge in [-0.3, -0.25) is 15.0 Å². The quantitative estimate of drug-likeness (QED) is 0.202. The van der Waals surface area contributed by atoms with Gasteiger partial charge in [-0.25, -0.2) is 15.0 Å². The lowest BCUT2D eigenvalue weighted by atomic mass is 9.98. The Morgan fingerprint density at radius 1 is 0.432 bits per heavy atom. The zero-order chi connectivity index (χ0) is 29.5. The van der Waals surface area contributed by atoms with Gasteiger partial charge in [0.2, 0.25) is 0 Å². The highest BCUT2D eigenvalue weighted by Gasteiger charge is 2.52. The van der Waals surface area contributed by atoms with E-state index in [0.717, 1.165) is 62.5 Å². The summed E-state index contributed by atoms with van der Waals surface area (Å²) in [6, 6.07) is 36.2. The molecule has 210 valence electrons. The fourth-order valence-corrected chi connectivity index (χ4v) is 6.25. The van der Waals surface area contributed by atoms with Gasteiger partial charge in [0.15, 0.2) is 0 Å². The minimum atomic E-state index is 0.336. The molecule has 6 heteroatoms. The SMILES string of the molecule is CC1=CC(c2cccc(-c3cccc(-c4ccccn4)n3)n2)=CC2C1C2c1cccc(-c2cccc(-c3ccccn3)n2)n1. The molecule has 6 aromatic rings. The fourth-order valence-electron chi connectivity index (χ4n) is 6.25. The van der Waals surface area contributed by atoms with Gasteiger partial charge < -0.3 is 0 Å². The van der Waals surface area contributed by atoms with Crippen LogP contribution < -0.4 is 0 Å². The predicted octanol–water partition coefficient (Wildman–Crippen LogP) is 8.10. The summed E-state index contributed by atoms with van der Waals surface area (Å²) >= 11 is 0. The van der Waals surface area contributed by atoms with Crippen LogP contribution in [0.4, 0.5) is 0 Å². The summed E-state index contributed by atoms with van der Waals surface area (Å²) < 4.78 is 0. The van der Waals surface area contributed by atoms with Crippen molar-refractivity contribution in [2.24, 2.45) is 11.8 Å². The Labute approximate surface area is 256 Å². The molecular weight excluding hydrogens is 540 g/mol. The number of nitrogens with zero attached hydrogens (tertiary/aromatic N) is 6. The predicted molar refractivity (Wildman–Crippen MR) is 173 cm³/mol. The van der Waals surface area contributed by atoms with Crippen molar-refractivity contribution < 1.29 is 0 Å². The molecule has 0 amide bonds. The first kappa shape index (κ1) is 26.0. The number of allylic oxidation sites excluding steroid dienone is 4. The molecule has 8 rings (SSSR count). The third-order valence-corrected chi connectivity index (χ3v) is 8.39. The Balaban J connectivity index is 1.06. The van der Waals surface area contributed by atoms with E-state index >= 15 is 0 Å². The van der Waals surface area contributed by atoms with Crippen molar-refractivity contribution in [3.8, 4) is 45.6 Å². The lowest BCUT2D eigenvalue weighted by Gasteiger charge is -2.11. The molecule has 6 heterocycles. The van der Waals surface area contributed by atoms with E-state index in [-0.39, 0.29) is 0 Å². The zero-order valence-electron chi connectivity index (χ0n) is 24.1. The Kier molecular flexibility index (Phi) is 6.45. The first-order chi connectivity index (χ1) is 21.7. The third kappa shape index (κ3) is 4.90. The van der Waals surface area contributed by atoms with Crippen LogP contribution in [0.3, 0.4) is 0 Å². The molecule has 0 bridgehead atoms. The standard InChI is InChI=1S/C38H28N6/c1-24-22-25(27-12-6-15-32(41-27)33-16-7-13-30(42-33)28-10-2-4-20-39-28)23-26-37(24)38(26)36-19-9-18-35(44-36)34-17-8-14-31(43-34)29-11-3-5-21-40-29/h2-23,26,37-38H,1H3. The van der Waals surface area contributed by atoms with Gasteiger partial charge in [0.1, 0.15) is 0 Å². The minimum Gasteiger partial charge on any atom is -0.255 e. The molecule has 0 N–H and O–H groups in total. The van der Waals surface area contributed by atoms with Gasteiger partial charge in [0, 0.05) is 24.0 Å². The molecule has 2 aliphatic carbocycles. The third-order valence-electron chi connectivity index (χ3n) is 8.39. The summed E-state index contributed by atoms with van der Waals surface area (Å²) in [5.74, 6) is 1.18. The average Bonchev–Trinajstić information content (AvgIpc) is 3.85. The Hall–Kier alpha value is -5.62. The summed E-state index contributed by atoms with van der Waals surface area (Å²) in [6.45, 7) is 2.23. The van der Waals surface area contributed by atoms with Gasteiger partial charge in [-0.05, 0) is 97.1 Å². The second kappa shape index (κ2) is 10.9. The zero-order valence-corrected chi connectivity index (χ0v) is 24.1. The van der Waals surface area contributed by atoms with Crippen LogP contribution in [-0.2, 0) is 0 Å². The Bertz CT molecular complexity index is 2050. The summed E-state index contributed by atoms with van der Waals surface area (Å²) in [5, 5.41) is 0. The minimum absolute atomic E-state index is 0.336. The highest BCUT2D eigenvalue weighted by atomic mass is 14.8. The van der Waals surface area contributed by atoms with E-state index in [1.165, 1.54) is 5.57 Å². The number of aromatic nitrogens is 6. The number of rotatable bonds is 6. The van der Waals surface area contributed by atoms with Crippen molar-refractivity contribution in [1.82, 2.24) is 29.9 Å². The molecule has 0 aliphatic heterocycles. The van der Waals surface area contributed by atoms with Crippen molar-refractivity contribution in [2.75, 3.05) is 0 Å². The van der Waals surface area contributed by atoms with Gasteiger partial charge in [-0.15, -0.1) is 0 Å². The van der Waals surface area contributed by atoms with Crippen LogP contribution >= 0.6 is 0 Å². The molecule has 2 aliphatic rings. The van der Waals surface area contributed by atoms with Crippen LogP contribution in [0, 0.1) is 11.8 Å². The maximum Gasteiger partial charge on any atom is 0.0894 e. The molecule has 44 heavy (non-hydrogen) atoms. The molecule has 0 radical (unpaired) electrons. The van der Waals surface area contributed by atoms with Crippen LogP contribution in [0.2, 0.25) is 0 Å².